The molecule has 4 unspecified atom stereocenters. The van der Waals surface area contributed by atoms with Gasteiger partial charge in [-0.3, -0.25) is 0 Å². The summed E-state index contributed by atoms with van der Waals surface area (Å²) >= 11 is 0. The number of aromatic nitrogens is 4. The first-order chi connectivity index (χ1) is 17.0. The van der Waals surface area contributed by atoms with Crippen molar-refractivity contribution in [1.29, 1.82) is 0 Å². The Bertz CT molecular complexity index is 1200. The monoisotopic (exact) mass is 547 g/mol. The molecule has 2 aliphatic rings. The van der Waals surface area contributed by atoms with Crippen molar-refractivity contribution < 1.29 is 31.1 Å². The SMILES string of the molecule is Cl.Cn1nnc(C2CC3(c4ccccc4)NC2CCC3OCc2cc(C(F)(F)F)cc(C(F)(F)F)c2)n1. The largest absolute Gasteiger partial charge is 0.416 e. The number of tetrazole rings is 1. The lowest BCUT2D eigenvalue weighted by molar-refractivity contribution is -0.143. The number of ether oxygens (including phenoxy) is 1. The topological polar surface area (TPSA) is 64.9 Å². The van der Waals surface area contributed by atoms with E-state index < -0.39 is 41.7 Å². The van der Waals surface area contributed by atoms with Crippen LogP contribution in [0.1, 0.15) is 53.3 Å². The molecule has 3 heterocycles. The van der Waals surface area contributed by atoms with Crippen LogP contribution >= 0.6 is 12.4 Å². The number of rotatable bonds is 5. The van der Waals surface area contributed by atoms with E-state index in [4.69, 9.17) is 4.74 Å². The first kappa shape index (κ1) is 27.3. The first-order valence-electron chi connectivity index (χ1n) is 11.4. The van der Waals surface area contributed by atoms with Crippen LogP contribution in [0.3, 0.4) is 0 Å². The van der Waals surface area contributed by atoms with Crippen LogP contribution in [0, 0.1) is 0 Å². The molecule has 2 aromatic carbocycles. The summed E-state index contributed by atoms with van der Waals surface area (Å²) in [5, 5.41) is 16.1. The lowest BCUT2D eigenvalue weighted by atomic mass is 9.80. The fourth-order valence-corrected chi connectivity index (χ4v) is 5.42. The fraction of sp³-hybridized carbons (Fsp3) is 0.458. The summed E-state index contributed by atoms with van der Waals surface area (Å²) in [5.41, 5.74) is -2.68. The van der Waals surface area contributed by atoms with E-state index in [2.05, 4.69) is 20.7 Å². The van der Waals surface area contributed by atoms with Gasteiger partial charge in [-0.25, -0.2) is 0 Å². The molecule has 5 rings (SSSR count). The second-order valence-electron chi connectivity index (χ2n) is 9.33. The van der Waals surface area contributed by atoms with E-state index >= 15 is 0 Å². The van der Waals surface area contributed by atoms with Gasteiger partial charge in [-0.2, -0.15) is 31.1 Å². The molecule has 2 bridgehead atoms. The molecule has 0 aliphatic carbocycles. The zero-order chi connectivity index (χ0) is 25.7. The van der Waals surface area contributed by atoms with Gasteiger partial charge in [-0.15, -0.1) is 22.6 Å². The predicted octanol–water partition coefficient (Wildman–Crippen LogP) is 5.39. The maximum absolute atomic E-state index is 13.3. The molecule has 0 amide bonds. The minimum Gasteiger partial charge on any atom is -0.371 e. The van der Waals surface area contributed by atoms with Gasteiger partial charge in [-0.1, -0.05) is 30.3 Å². The number of hydrogen-bond donors (Lipinski definition) is 1. The molecule has 1 aromatic heterocycles. The van der Waals surface area contributed by atoms with E-state index in [0.717, 1.165) is 5.56 Å². The molecule has 0 radical (unpaired) electrons. The highest BCUT2D eigenvalue weighted by Gasteiger charge is 2.55. The van der Waals surface area contributed by atoms with Crippen molar-refractivity contribution in [1.82, 2.24) is 25.5 Å². The van der Waals surface area contributed by atoms with Gasteiger partial charge in [0.15, 0.2) is 5.82 Å². The van der Waals surface area contributed by atoms with Gasteiger partial charge >= 0.3 is 12.4 Å². The first-order valence-corrected chi connectivity index (χ1v) is 11.4. The molecule has 13 heteroatoms. The summed E-state index contributed by atoms with van der Waals surface area (Å²) in [7, 11) is 1.67. The standard InChI is InChI=1S/C24H23F6N5O.ClH/c1-35-33-21(32-34-35)18-12-22(15-5-3-2-4-6-15)20(8-7-19(18)31-22)36-13-14-9-16(23(25,26)27)11-17(10-14)24(28,29)30;/h2-6,9-11,18-20,31H,7-8,12-13H2,1H3;1H. The van der Waals surface area contributed by atoms with Gasteiger partial charge in [0.05, 0.1) is 36.4 Å². The van der Waals surface area contributed by atoms with E-state index in [1.165, 1.54) is 4.80 Å². The predicted molar refractivity (Wildman–Crippen MR) is 123 cm³/mol. The maximum atomic E-state index is 13.3. The number of benzene rings is 2. The molecule has 2 fully saturated rings. The second kappa shape index (κ2) is 9.88. The molecule has 0 spiro atoms. The summed E-state index contributed by atoms with van der Waals surface area (Å²) in [4.78, 5) is 1.38. The Morgan fingerprint density at radius 2 is 1.65 bits per heavy atom. The number of aryl methyl sites for hydroxylation is 1. The molecular weight excluding hydrogens is 524 g/mol. The molecule has 3 aromatic rings. The summed E-state index contributed by atoms with van der Waals surface area (Å²) in [5.74, 6) is 0.513. The summed E-state index contributed by atoms with van der Waals surface area (Å²) < 4.78 is 86.0. The van der Waals surface area contributed by atoms with Crippen LogP contribution in [0.5, 0.6) is 0 Å². The average Bonchev–Trinajstić information content (AvgIpc) is 3.39. The number of halogens is 7. The molecular formula is C24H24ClF6N5O. The van der Waals surface area contributed by atoms with Crippen molar-refractivity contribution in [2.75, 3.05) is 0 Å². The van der Waals surface area contributed by atoms with Crippen molar-refractivity contribution in [2.45, 2.75) is 61.8 Å². The third-order valence-electron chi connectivity index (χ3n) is 7.00. The van der Waals surface area contributed by atoms with Crippen LogP contribution < -0.4 is 5.32 Å². The smallest absolute Gasteiger partial charge is 0.371 e. The van der Waals surface area contributed by atoms with Crippen LogP contribution in [-0.4, -0.2) is 32.4 Å². The highest BCUT2D eigenvalue weighted by molar-refractivity contribution is 5.85. The van der Waals surface area contributed by atoms with E-state index in [-0.39, 0.29) is 36.0 Å². The molecule has 1 N–H and O–H groups in total. The van der Waals surface area contributed by atoms with Gasteiger partial charge in [0.1, 0.15) is 0 Å². The lowest BCUT2D eigenvalue weighted by Crippen LogP contribution is -2.54. The molecule has 37 heavy (non-hydrogen) atoms. The summed E-state index contributed by atoms with van der Waals surface area (Å²) in [6.07, 6.45) is -8.53. The Kier molecular flexibility index (Phi) is 7.30. The molecule has 4 atom stereocenters. The average molecular weight is 548 g/mol. The van der Waals surface area contributed by atoms with Gasteiger partial charge < -0.3 is 10.1 Å². The van der Waals surface area contributed by atoms with Crippen LogP contribution in [0.15, 0.2) is 48.5 Å². The van der Waals surface area contributed by atoms with E-state index in [1.54, 1.807) is 7.05 Å². The fourth-order valence-electron chi connectivity index (χ4n) is 5.42. The minimum atomic E-state index is -4.91. The molecule has 6 nitrogen and oxygen atoms in total. The Labute approximate surface area is 214 Å². The molecule has 0 saturated carbocycles. The number of nitrogens with one attached hydrogen (secondary N) is 1. The minimum absolute atomic E-state index is 0. The van der Waals surface area contributed by atoms with Crippen LogP contribution in [-0.2, 0) is 36.3 Å². The molecule has 2 aliphatic heterocycles. The molecule has 2 saturated heterocycles. The van der Waals surface area contributed by atoms with E-state index in [0.29, 0.717) is 37.2 Å². The summed E-state index contributed by atoms with van der Waals surface area (Å²) in [6, 6.07) is 11.1. The Morgan fingerprint density at radius 1 is 1.00 bits per heavy atom. The number of alkyl halides is 6. The van der Waals surface area contributed by atoms with E-state index in [1.807, 2.05) is 30.3 Å². The number of nitrogens with zero attached hydrogens (tertiary/aromatic N) is 4. The number of piperidine rings is 1. The Balaban J connectivity index is 0.00000320. The van der Waals surface area contributed by atoms with Crippen molar-refractivity contribution in [3.63, 3.8) is 0 Å². The third kappa shape index (κ3) is 5.32. The van der Waals surface area contributed by atoms with Gasteiger partial charge in [0, 0.05) is 12.0 Å². The highest BCUT2D eigenvalue weighted by atomic mass is 35.5. The van der Waals surface area contributed by atoms with Gasteiger partial charge in [0.25, 0.3) is 0 Å². The van der Waals surface area contributed by atoms with Crippen molar-refractivity contribution in [3.05, 3.63) is 76.6 Å². The Morgan fingerprint density at radius 3 is 2.22 bits per heavy atom. The van der Waals surface area contributed by atoms with Crippen LogP contribution in [0.4, 0.5) is 26.3 Å². The normalized spacial score (nSPS) is 25.6. The van der Waals surface area contributed by atoms with Crippen molar-refractivity contribution in [2.24, 2.45) is 7.05 Å². The van der Waals surface area contributed by atoms with Gasteiger partial charge in [-0.05, 0) is 53.8 Å². The summed E-state index contributed by atoms with van der Waals surface area (Å²) in [6.45, 7) is -0.396. The van der Waals surface area contributed by atoms with Crippen LogP contribution in [0.25, 0.3) is 0 Å². The van der Waals surface area contributed by atoms with Crippen molar-refractivity contribution >= 4 is 12.4 Å². The van der Waals surface area contributed by atoms with Gasteiger partial charge in [0.2, 0.25) is 0 Å². The maximum Gasteiger partial charge on any atom is 0.416 e. The van der Waals surface area contributed by atoms with Crippen LogP contribution in [0.2, 0.25) is 0 Å². The zero-order valence-corrected chi connectivity index (χ0v) is 20.4. The van der Waals surface area contributed by atoms with E-state index in [9.17, 15) is 26.3 Å². The molecule has 200 valence electrons. The number of hydrogen-bond acceptors (Lipinski definition) is 5. The number of fused-ring (bicyclic) bond motifs is 2. The lowest BCUT2D eigenvalue weighted by Gasteiger charge is -2.42. The quantitative estimate of drug-likeness (QED) is 0.434. The highest BCUT2D eigenvalue weighted by Crippen LogP contribution is 2.50. The Hall–Kier alpha value is -2.70. The van der Waals surface area contributed by atoms with Crippen molar-refractivity contribution in [3.8, 4) is 0 Å². The third-order valence-corrected chi connectivity index (χ3v) is 7.00. The zero-order valence-electron chi connectivity index (χ0n) is 19.6. The second-order valence-corrected chi connectivity index (χ2v) is 9.33.